The average Bonchev–Trinajstić information content (AvgIpc) is 2.48. The molecule has 0 fully saturated rings. The van der Waals surface area contributed by atoms with Gasteiger partial charge in [-0.1, -0.05) is 24.3 Å². The third-order valence-corrected chi connectivity index (χ3v) is 2.36. The number of hydrogen-bond acceptors (Lipinski definition) is 3. The van der Waals surface area contributed by atoms with E-state index in [-0.39, 0.29) is 20.7 Å². The van der Waals surface area contributed by atoms with Crippen molar-refractivity contribution in [1.82, 2.24) is 0 Å². The number of aliphatic imine (C=N–C) groups is 1. The zero-order chi connectivity index (χ0) is 14.8. The van der Waals surface area contributed by atoms with Gasteiger partial charge >= 0.3 is 41.3 Å². The molecule has 0 bridgehead atoms. The van der Waals surface area contributed by atoms with Gasteiger partial charge in [-0.15, -0.1) is 0 Å². The van der Waals surface area contributed by atoms with Crippen LogP contribution in [0.5, 0.6) is 11.5 Å². The van der Waals surface area contributed by atoms with Gasteiger partial charge in [-0.25, -0.2) is 0 Å². The van der Waals surface area contributed by atoms with Gasteiger partial charge in [0.05, 0.1) is 12.8 Å². The molecule has 0 radical (unpaired) electrons. The fourth-order valence-corrected chi connectivity index (χ4v) is 1.47. The molecule has 0 spiro atoms. The molecule has 0 aliphatic heterocycles. The molecular weight excluding hydrogens is 422 g/mol. The number of aromatic hydroxyl groups is 1. The van der Waals surface area contributed by atoms with Gasteiger partial charge in [0.1, 0.15) is 0 Å². The van der Waals surface area contributed by atoms with E-state index in [1.165, 1.54) is 7.11 Å². The number of para-hydroxylation sites is 2. The van der Waals surface area contributed by atoms with E-state index >= 15 is 0 Å². The van der Waals surface area contributed by atoms with E-state index in [0.717, 1.165) is 5.69 Å². The van der Waals surface area contributed by atoms with Crippen molar-refractivity contribution >= 4 is 38.2 Å². The Morgan fingerprint density at radius 2 is 1.75 bits per heavy atom. The molecule has 0 saturated heterocycles. The van der Waals surface area contributed by atoms with E-state index in [4.69, 9.17) is 4.74 Å². The predicted molar refractivity (Wildman–Crippen MR) is 86.2 cm³/mol. The molecule has 2 rings (SSSR count). The van der Waals surface area contributed by atoms with Crippen LogP contribution in [0.2, 0.25) is 0 Å². The van der Waals surface area contributed by atoms with E-state index in [2.05, 4.69) is 31.3 Å². The summed E-state index contributed by atoms with van der Waals surface area (Å²) in [6, 6.07) is 14.9. The maximum atomic E-state index is 9.85. The average molecular weight is 435 g/mol. The normalized spacial score (nSPS) is 9.75. The molecule has 0 saturated carbocycles. The van der Waals surface area contributed by atoms with Crippen molar-refractivity contribution in [3.8, 4) is 11.5 Å². The molecule has 0 aromatic heterocycles. The van der Waals surface area contributed by atoms with Crippen LogP contribution in [0.25, 0.3) is 0 Å². The standard InChI is InChI=1S/C14H13NO2.2BrH.Ti/c1-17-13-9-5-6-11(14(13)16)10-15-12-7-3-2-4-8-12;;;/h2-10,16H,1H3;2*1H;/q;;;+2/p-2. The summed E-state index contributed by atoms with van der Waals surface area (Å²) in [6.45, 7) is 0. The topological polar surface area (TPSA) is 41.8 Å². The summed E-state index contributed by atoms with van der Waals surface area (Å²) in [4.78, 5) is 4.27. The van der Waals surface area contributed by atoms with Crippen LogP contribution in [-0.4, -0.2) is 18.4 Å². The van der Waals surface area contributed by atoms with Gasteiger partial charge in [-0.3, -0.25) is 4.99 Å². The van der Waals surface area contributed by atoms with Crippen molar-refractivity contribution in [2.75, 3.05) is 7.11 Å². The summed E-state index contributed by atoms with van der Waals surface area (Å²) < 4.78 is 5.03. The summed E-state index contributed by atoms with van der Waals surface area (Å²) in [5.74, 6) is 0.552. The number of hydrogen-bond donors (Lipinski definition) is 1. The Bertz CT molecular complexity index is 550. The zero-order valence-electron chi connectivity index (χ0n) is 10.8. The van der Waals surface area contributed by atoms with Crippen LogP contribution in [-0.2, 0) is 15.0 Å². The molecule has 2 aromatic carbocycles. The Kier molecular flexibility index (Phi) is 8.86. The Morgan fingerprint density at radius 3 is 2.35 bits per heavy atom. The molecule has 2 aromatic rings. The van der Waals surface area contributed by atoms with Crippen LogP contribution in [0.15, 0.2) is 53.5 Å². The number of nitrogens with zero attached hydrogens (tertiary/aromatic N) is 1. The Hall–Kier alpha value is -0.616. The number of benzene rings is 2. The molecule has 0 amide bonds. The van der Waals surface area contributed by atoms with Crippen LogP contribution >= 0.6 is 26.3 Å². The second-order valence-electron chi connectivity index (χ2n) is 3.56. The van der Waals surface area contributed by atoms with Crippen molar-refractivity contribution in [3.63, 3.8) is 0 Å². The number of rotatable bonds is 3. The van der Waals surface area contributed by atoms with Crippen LogP contribution in [0.3, 0.4) is 0 Å². The number of methoxy groups -OCH3 is 1. The number of phenolic OH excluding ortho intramolecular Hbond substituents is 1. The first-order valence-electron chi connectivity index (χ1n) is 5.64. The molecular formula is C14H13Br2NO2Ti. The van der Waals surface area contributed by atoms with Crippen molar-refractivity contribution in [2.24, 2.45) is 4.99 Å². The first kappa shape index (κ1) is 17.4. The van der Waals surface area contributed by atoms with Crippen LogP contribution in [0.1, 0.15) is 5.56 Å². The monoisotopic (exact) mass is 433 g/mol. The summed E-state index contributed by atoms with van der Waals surface area (Å²) in [6.07, 6.45) is 1.62. The molecule has 0 aliphatic carbocycles. The third kappa shape index (κ3) is 5.79. The molecule has 1 N–H and O–H groups in total. The molecule has 104 valence electrons. The van der Waals surface area contributed by atoms with Gasteiger partial charge in [-0.05, 0) is 24.3 Å². The number of phenols is 1. The van der Waals surface area contributed by atoms with E-state index in [1.54, 1.807) is 18.3 Å². The van der Waals surface area contributed by atoms with Gasteiger partial charge in [-0.2, -0.15) is 0 Å². The molecule has 20 heavy (non-hydrogen) atoms. The first-order chi connectivity index (χ1) is 9.72. The van der Waals surface area contributed by atoms with Gasteiger partial charge in [0.2, 0.25) is 0 Å². The molecule has 0 aliphatic rings. The van der Waals surface area contributed by atoms with E-state index < -0.39 is 0 Å². The summed E-state index contributed by atoms with van der Waals surface area (Å²) >= 11 is 6.50. The second kappa shape index (κ2) is 10.2. The van der Waals surface area contributed by atoms with E-state index in [1.807, 2.05) is 36.4 Å². The van der Waals surface area contributed by atoms with Crippen LogP contribution in [0.4, 0.5) is 5.69 Å². The third-order valence-electron chi connectivity index (χ3n) is 2.36. The molecule has 0 atom stereocenters. The fraction of sp³-hybridized carbons (Fsp3) is 0.0714. The first-order valence-corrected chi connectivity index (χ1v) is 13.4. The quantitative estimate of drug-likeness (QED) is 0.554. The van der Waals surface area contributed by atoms with E-state index in [0.29, 0.717) is 11.3 Å². The summed E-state index contributed by atoms with van der Waals surface area (Å²) in [7, 11) is 1.52. The van der Waals surface area contributed by atoms with Crippen molar-refractivity contribution in [1.29, 1.82) is 0 Å². The molecule has 0 heterocycles. The van der Waals surface area contributed by atoms with Gasteiger partial charge in [0, 0.05) is 11.8 Å². The van der Waals surface area contributed by atoms with Crippen molar-refractivity contribution in [2.45, 2.75) is 0 Å². The molecule has 3 nitrogen and oxygen atoms in total. The van der Waals surface area contributed by atoms with E-state index in [9.17, 15) is 5.11 Å². The second-order valence-corrected chi connectivity index (χ2v) is 11.4. The minimum atomic E-state index is 0.106. The maximum absolute atomic E-state index is 9.85. The summed E-state index contributed by atoms with van der Waals surface area (Å²) in [5.41, 5.74) is 1.47. The molecule has 0 unspecified atom stereocenters. The van der Waals surface area contributed by atoms with Crippen LogP contribution < -0.4 is 4.74 Å². The van der Waals surface area contributed by atoms with Crippen LogP contribution in [0, 0.1) is 0 Å². The Balaban J connectivity index is 0.000000612. The Morgan fingerprint density at radius 1 is 1.10 bits per heavy atom. The Labute approximate surface area is 140 Å². The van der Waals surface area contributed by atoms with Crippen molar-refractivity contribution < 1.29 is 24.8 Å². The van der Waals surface area contributed by atoms with Crippen molar-refractivity contribution in [3.05, 3.63) is 54.1 Å². The van der Waals surface area contributed by atoms with Gasteiger partial charge < -0.3 is 9.84 Å². The number of ether oxygens (including phenoxy) is 1. The minimum absolute atomic E-state index is 0.106. The summed E-state index contributed by atoms with van der Waals surface area (Å²) in [5, 5.41) is 9.85. The van der Waals surface area contributed by atoms with Gasteiger partial charge in [0.25, 0.3) is 0 Å². The SMILES string of the molecule is COc1cccc(C=Nc2ccccc2)c1O.[Br][Ti][Br]. The zero-order valence-corrected chi connectivity index (χ0v) is 15.5. The predicted octanol–water partition coefficient (Wildman–Crippen LogP) is 4.84. The molecule has 6 heteroatoms. The van der Waals surface area contributed by atoms with Gasteiger partial charge in [0.15, 0.2) is 11.5 Å². The number of halogens is 2. The fourth-order valence-electron chi connectivity index (χ4n) is 1.47.